The second-order valence-corrected chi connectivity index (χ2v) is 12.3. The quantitative estimate of drug-likeness (QED) is 0.341. The molecular formula is C30H31F3N2O6S. The average Bonchev–Trinajstić information content (AvgIpc) is 2.99. The van der Waals surface area contributed by atoms with E-state index in [1.165, 1.54) is 0 Å². The number of hydrogen-bond donors (Lipinski definition) is 1. The number of methoxy groups -OCH3 is 1. The lowest BCUT2D eigenvalue weighted by atomic mass is 9.89. The molecule has 3 aromatic rings. The fourth-order valence-corrected chi connectivity index (χ4v) is 7.11. The molecule has 1 saturated heterocycles. The van der Waals surface area contributed by atoms with Crippen molar-refractivity contribution >= 4 is 27.4 Å². The highest BCUT2D eigenvalue weighted by Crippen LogP contribution is 2.42. The number of sulfonamides is 1. The molecular weight excluding hydrogens is 573 g/mol. The molecule has 2 aliphatic heterocycles. The zero-order chi connectivity index (χ0) is 30.1. The summed E-state index contributed by atoms with van der Waals surface area (Å²) in [4.78, 5) is 12.9. The lowest BCUT2D eigenvalue weighted by molar-refractivity contribution is -0.138. The molecule has 8 nitrogen and oxygen atoms in total. The Morgan fingerprint density at radius 1 is 1.05 bits per heavy atom. The van der Waals surface area contributed by atoms with E-state index in [1.807, 2.05) is 30.3 Å². The van der Waals surface area contributed by atoms with Crippen LogP contribution in [0.25, 0.3) is 0 Å². The van der Waals surface area contributed by atoms with Crippen LogP contribution in [0.3, 0.4) is 0 Å². The molecule has 12 heteroatoms. The van der Waals surface area contributed by atoms with Crippen molar-refractivity contribution < 1.29 is 41.0 Å². The highest BCUT2D eigenvalue weighted by molar-refractivity contribution is 7.92. The van der Waals surface area contributed by atoms with E-state index in [-0.39, 0.29) is 36.7 Å². The van der Waals surface area contributed by atoms with Crippen LogP contribution < -0.4 is 18.7 Å². The van der Waals surface area contributed by atoms with Crippen LogP contribution in [-0.2, 0) is 21.0 Å². The van der Waals surface area contributed by atoms with Crippen LogP contribution >= 0.6 is 0 Å². The first-order valence-electron chi connectivity index (χ1n) is 13.6. The van der Waals surface area contributed by atoms with Crippen molar-refractivity contribution in [2.75, 3.05) is 35.9 Å². The van der Waals surface area contributed by atoms with Crippen molar-refractivity contribution in [3.8, 4) is 11.5 Å². The normalized spacial score (nSPS) is 19.1. The Morgan fingerprint density at radius 3 is 2.57 bits per heavy atom. The zero-order valence-electron chi connectivity index (χ0n) is 22.9. The van der Waals surface area contributed by atoms with Gasteiger partial charge in [0.2, 0.25) is 0 Å². The van der Waals surface area contributed by atoms with Gasteiger partial charge in [-0.05, 0) is 67.3 Å². The van der Waals surface area contributed by atoms with Crippen LogP contribution in [0.5, 0.6) is 11.5 Å². The van der Waals surface area contributed by atoms with Gasteiger partial charge in [0.1, 0.15) is 17.6 Å². The molecule has 0 bridgehead atoms. The molecule has 0 spiro atoms. The van der Waals surface area contributed by atoms with E-state index in [0.29, 0.717) is 12.6 Å². The van der Waals surface area contributed by atoms with Crippen molar-refractivity contribution in [2.45, 2.75) is 48.8 Å². The maximum atomic E-state index is 13.9. The number of anilines is 2. The third-order valence-electron chi connectivity index (χ3n) is 7.66. The molecule has 0 radical (unpaired) electrons. The number of ether oxygens (including phenoxy) is 2. The van der Waals surface area contributed by atoms with Gasteiger partial charge >= 0.3 is 12.1 Å². The van der Waals surface area contributed by atoms with Gasteiger partial charge in [0.25, 0.3) is 10.0 Å². The number of aliphatic carboxylic acids is 1. The molecule has 0 saturated carbocycles. The molecule has 224 valence electrons. The predicted molar refractivity (Wildman–Crippen MR) is 151 cm³/mol. The Balaban J connectivity index is 1.51. The van der Waals surface area contributed by atoms with Crippen LogP contribution in [0.4, 0.5) is 24.5 Å². The van der Waals surface area contributed by atoms with E-state index < -0.39 is 38.7 Å². The van der Waals surface area contributed by atoms with Crippen LogP contribution in [0.2, 0.25) is 0 Å². The van der Waals surface area contributed by atoms with Crippen molar-refractivity contribution in [2.24, 2.45) is 0 Å². The van der Waals surface area contributed by atoms with Gasteiger partial charge in [-0.2, -0.15) is 13.2 Å². The Labute approximate surface area is 242 Å². The summed E-state index contributed by atoms with van der Waals surface area (Å²) >= 11 is 0. The molecule has 0 amide bonds. The van der Waals surface area contributed by atoms with Gasteiger partial charge < -0.3 is 19.5 Å². The van der Waals surface area contributed by atoms with Crippen molar-refractivity contribution in [3.05, 3.63) is 77.9 Å². The molecule has 2 aliphatic rings. The van der Waals surface area contributed by atoms with Crippen LogP contribution in [0.1, 0.15) is 42.7 Å². The number of carboxylic acids is 1. The summed E-state index contributed by atoms with van der Waals surface area (Å²) in [5.41, 5.74) is 0.962. The van der Waals surface area contributed by atoms with Gasteiger partial charge in [-0.25, -0.2) is 8.42 Å². The molecule has 0 aliphatic carbocycles. The maximum absolute atomic E-state index is 13.9. The van der Waals surface area contributed by atoms with Crippen molar-refractivity contribution in [1.82, 2.24) is 0 Å². The number of benzene rings is 3. The Kier molecular flexibility index (Phi) is 8.27. The van der Waals surface area contributed by atoms with E-state index in [9.17, 15) is 26.4 Å². The van der Waals surface area contributed by atoms with Gasteiger partial charge in [0.05, 0.1) is 35.5 Å². The largest absolute Gasteiger partial charge is 0.495 e. The highest BCUT2D eigenvalue weighted by atomic mass is 32.2. The summed E-state index contributed by atoms with van der Waals surface area (Å²) in [6.07, 6.45) is -4.00. The first-order valence-corrected chi connectivity index (χ1v) is 15.0. The van der Waals surface area contributed by atoms with E-state index in [2.05, 4.69) is 4.90 Å². The number of halogens is 3. The first kappa shape index (κ1) is 29.6. The second kappa shape index (κ2) is 11.7. The lowest BCUT2D eigenvalue weighted by Gasteiger charge is -2.38. The number of para-hydroxylation sites is 2. The minimum absolute atomic E-state index is 0.0294. The fourth-order valence-electron chi connectivity index (χ4n) is 5.56. The summed E-state index contributed by atoms with van der Waals surface area (Å²) in [5.74, 6) is -0.0446. The number of alkyl halides is 3. The summed E-state index contributed by atoms with van der Waals surface area (Å²) in [5, 5.41) is 9.16. The highest BCUT2D eigenvalue weighted by Gasteiger charge is 2.38. The summed E-state index contributed by atoms with van der Waals surface area (Å²) in [7, 11) is -2.84. The summed E-state index contributed by atoms with van der Waals surface area (Å²) in [6.45, 7) is 1.24. The minimum Gasteiger partial charge on any atom is -0.495 e. The number of fused-ring (bicyclic) bond motifs is 1. The number of piperidine rings is 1. The molecule has 1 fully saturated rings. The summed E-state index contributed by atoms with van der Waals surface area (Å²) < 4.78 is 80.7. The predicted octanol–water partition coefficient (Wildman–Crippen LogP) is 5.92. The number of hydrogen-bond acceptors (Lipinski definition) is 6. The topological polar surface area (TPSA) is 96.4 Å². The number of carboxylic acid groups (broad SMARTS) is 1. The standard InChI is InChI=1S/C30H31F3N2O6S/c1-40-27-10-3-2-9-25(27)34-15-5-6-21(18-34)20-11-13-28-26(16-20)35(19-23(41-28)12-14-29(36)37)42(38,39)24-8-4-7-22(17-24)30(31,32)33/h2-4,7-11,13,16-17,21,23H,5-6,12,14-15,18-19H2,1H3,(H,36,37). The van der Waals surface area contributed by atoms with Crippen molar-refractivity contribution in [3.63, 3.8) is 0 Å². The Hall–Kier alpha value is -3.93. The molecule has 0 aromatic heterocycles. The van der Waals surface area contributed by atoms with E-state index >= 15 is 0 Å². The molecule has 2 unspecified atom stereocenters. The van der Waals surface area contributed by atoms with Crippen molar-refractivity contribution in [1.29, 1.82) is 0 Å². The van der Waals surface area contributed by atoms with E-state index in [1.54, 1.807) is 19.2 Å². The average molecular weight is 605 g/mol. The van der Waals surface area contributed by atoms with Crippen LogP contribution in [0, 0.1) is 0 Å². The fraction of sp³-hybridized carbons (Fsp3) is 0.367. The third kappa shape index (κ3) is 6.13. The second-order valence-electron chi connectivity index (χ2n) is 10.4. The number of nitrogens with zero attached hydrogens (tertiary/aromatic N) is 2. The lowest BCUT2D eigenvalue weighted by Crippen LogP contribution is -2.44. The Morgan fingerprint density at radius 2 is 1.83 bits per heavy atom. The van der Waals surface area contributed by atoms with Gasteiger partial charge in [-0.3, -0.25) is 9.10 Å². The monoisotopic (exact) mass is 604 g/mol. The number of carbonyl (C=O) groups is 1. The molecule has 2 atom stereocenters. The molecule has 5 rings (SSSR count). The van der Waals surface area contributed by atoms with Gasteiger partial charge in [0.15, 0.2) is 0 Å². The maximum Gasteiger partial charge on any atom is 0.416 e. The van der Waals surface area contributed by atoms with Crippen LogP contribution in [0.15, 0.2) is 71.6 Å². The van der Waals surface area contributed by atoms with Gasteiger partial charge in [-0.1, -0.05) is 24.3 Å². The molecule has 2 heterocycles. The molecule has 1 N–H and O–H groups in total. The first-order chi connectivity index (χ1) is 20.0. The van der Waals surface area contributed by atoms with Gasteiger partial charge in [0, 0.05) is 25.4 Å². The van der Waals surface area contributed by atoms with Crippen LogP contribution in [-0.4, -0.2) is 52.3 Å². The Bertz CT molecular complexity index is 1560. The molecule has 3 aromatic carbocycles. The SMILES string of the molecule is COc1ccccc1N1CCCC(c2ccc3c(c2)N(S(=O)(=O)c2cccc(C(F)(F)F)c2)CC(CCC(=O)O)O3)C1. The third-order valence-corrected chi connectivity index (χ3v) is 9.44. The number of rotatable bonds is 8. The smallest absolute Gasteiger partial charge is 0.416 e. The minimum atomic E-state index is -4.72. The van der Waals surface area contributed by atoms with E-state index in [4.69, 9.17) is 14.6 Å². The summed E-state index contributed by atoms with van der Waals surface area (Å²) in [6, 6.07) is 16.6. The van der Waals surface area contributed by atoms with Gasteiger partial charge in [-0.15, -0.1) is 0 Å². The molecule has 42 heavy (non-hydrogen) atoms. The zero-order valence-corrected chi connectivity index (χ0v) is 23.7. The van der Waals surface area contributed by atoms with E-state index in [0.717, 1.165) is 58.9 Å².